The number of nitrogens with two attached hydrogens (primary N) is 1. The monoisotopic (exact) mass is 260 g/mol. The van der Waals surface area contributed by atoms with Crippen LogP contribution >= 0.6 is 0 Å². The van der Waals surface area contributed by atoms with Gasteiger partial charge in [0.2, 0.25) is 0 Å². The van der Waals surface area contributed by atoms with Crippen LogP contribution in [0.4, 0.5) is 0 Å². The number of nitrogens with one attached hydrogen (secondary N) is 1. The molecule has 4 N–H and O–H groups in total. The highest BCUT2D eigenvalue weighted by Crippen LogP contribution is 2.23. The number of aromatic nitrogens is 2. The van der Waals surface area contributed by atoms with Crippen LogP contribution in [-0.2, 0) is 6.54 Å². The van der Waals surface area contributed by atoms with Gasteiger partial charge in [-0.15, -0.1) is 0 Å². The first-order valence-corrected chi connectivity index (χ1v) is 6.77. The van der Waals surface area contributed by atoms with Gasteiger partial charge in [0.1, 0.15) is 0 Å². The predicted octanol–water partition coefficient (Wildman–Crippen LogP) is 0.849. The molecular formula is C14H20N4O. The van der Waals surface area contributed by atoms with E-state index in [4.69, 9.17) is 5.73 Å². The number of H-pyrrole nitrogens is 1. The fourth-order valence-corrected chi connectivity index (χ4v) is 2.69. The third-order valence-corrected chi connectivity index (χ3v) is 4.09. The van der Waals surface area contributed by atoms with Crippen molar-refractivity contribution in [3.05, 3.63) is 30.0 Å². The molecule has 0 saturated carbocycles. The third-order valence-electron chi connectivity index (χ3n) is 4.09. The third kappa shape index (κ3) is 2.49. The summed E-state index contributed by atoms with van der Waals surface area (Å²) in [6.07, 6.45) is 1.49. The molecule has 2 aromatic rings. The van der Waals surface area contributed by atoms with Gasteiger partial charge in [0.25, 0.3) is 0 Å². The fourth-order valence-electron chi connectivity index (χ4n) is 2.69. The summed E-state index contributed by atoms with van der Waals surface area (Å²) in [5.41, 5.74) is 7.10. The summed E-state index contributed by atoms with van der Waals surface area (Å²) in [6, 6.07) is 8.13. The maximum Gasteiger partial charge on any atom is 0.0924 e. The average molecular weight is 260 g/mol. The van der Waals surface area contributed by atoms with E-state index in [0.29, 0.717) is 6.54 Å². The summed E-state index contributed by atoms with van der Waals surface area (Å²) in [7, 11) is 0. The number of likely N-dealkylation sites (tertiary alicyclic amines) is 1. The van der Waals surface area contributed by atoms with Crippen LogP contribution in [0.25, 0.3) is 10.9 Å². The second kappa shape index (κ2) is 4.92. The van der Waals surface area contributed by atoms with Crippen LogP contribution in [0.3, 0.4) is 0 Å². The van der Waals surface area contributed by atoms with Crippen LogP contribution in [0, 0.1) is 0 Å². The first-order chi connectivity index (χ1) is 9.20. The van der Waals surface area contributed by atoms with E-state index >= 15 is 0 Å². The molecule has 19 heavy (non-hydrogen) atoms. The van der Waals surface area contributed by atoms with E-state index in [2.05, 4.69) is 21.2 Å². The predicted molar refractivity (Wildman–Crippen MR) is 74.6 cm³/mol. The van der Waals surface area contributed by atoms with E-state index in [1.807, 2.05) is 18.2 Å². The van der Waals surface area contributed by atoms with Crippen molar-refractivity contribution in [2.75, 3.05) is 19.6 Å². The molecule has 0 spiro atoms. The van der Waals surface area contributed by atoms with Crippen LogP contribution in [0.15, 0.2) is 24.3 Å². The SMILES string of the molecule is NCC1(O)CCN(Cc2[nH]nc3ccccc23)CC1. The highest BCUT2D eigenvalue weighted by atomic mass is 16.3. The lowest BCUT2D eigenvalue weighted by molar-refractivity contribution is -0.0155. The van der Waals surface area contributed by atoms with Crippen LogP contribution in [0.1, 0.15) is 18.5 Å². The van der Waals surface area contributed by atoms with Crippen LogP contribution < -0.4 is 5.73 Å². The number of rotatable bonds is 3. The summed E-state index contributed by atoms with van der Waals surface area (Å²) < 4.78 is 0. The Morgan fingerprint density at radius 3 is 2.79 bits per heavy atom. The smallest absolute Gasteiger partial charge is 0.0924 e. The Morgan fingerprint density at radius 2 is 2.05 bits per heavy atom. The molecule has 0 aliphatic carbocycles. The number of nitrogens with zero attached hydrogens (tertiary/aromatic N) is 2. The number of aliphatic hydroxyl groups is 1. The van der Waals surface area contributed by atoms with Crippen LogP contribution in [0.5, 0.6) is 0 Å². The zero-order chi connectivity index (χ0) is 13.3. The van der Waals surface area contributed by atoms with Crippen molar-refractivity contribution in [1.29, 1.82) is 0 Å². The number of hydrogen-bond acceptors (Lipinski definition) is 4. The summed E-state index contributed by atoms with van der Waals surface area (Å²) in [6.45, 7) is 2.96. The molecule has 0 radical (unpaired) electrons. The van der Waals surface area contributed by atoms with Gasteiger partial charge in [0, 0.05) is 31.6 Å². The zero-order valence-corrected chi connectivity index (χ0v) is 11.0. The molecule has 1 aliphatic rings. The van der Waals surface area contributed by atoms with Crippen LogP contribution in [-0.4, -0.2) is 45.4 Å². The van der Waals surface area contributed by atoms with Gasteiger partial charge in [0.05, 0.1) is 16.8 Å². The molecule has 5 heteroatoms. The lowest BCUT2D eigenvalue weighted by Crippen LogP contribution is -2.48. The van der Waals surface area contributed by atoms with Crippen molar-refractivity contribution < 1.29 is 5.11 Å². The van der Waals surface area contributed by atoms with Gasteiger partial charge in [0.15, 0.2) is 0 Å². The molecule has 1 saturated heterocycles. The van der Waals surface area contributed by atoms with Crippen molar-refractivity contribution in [3.63, 3.8) is 0 Å². The molecule has 0 unspecified atom stereocenters. The van der Waals surface area contributed by atoms with Crippen molar-refractivity contribution in [3.8, 4) is 0 Å². The second-order valence-corrected chi connectivity index (χ2v) is 5.42. The average Bonchev–Trinajstić information content (AvgIpc) is 2.85. The number of para-hydroxylation sites is 1. The Hall–Kier alpha value is -1.43. The molecule has 1 aromatic carbocycles. The second-order valence-electron chi connectivity index (χ2n) is 5.42. The van der Waals surface area contributed by atoms with E-state index < -0.39 is 5.60 Å². The van der Waals surface area contributed by atoms with Gasteiger partial charge < -0.3 is 10.8 Å². The van der Waals surface area contributed by atoms with Gasteiger partial charge in [-0.25, -0.2) is 0 Å². The minimum absolute atomic E-state index is 0.355. The number of fused-ring (bicyclic) bond motifs is 1. The van der Waals surface area contributed by atoms with Crippen molar-refractivity contribution in [2.24, 2.45) is 5.73 Å². The van der Waals surface area contributed by atoms with Gasteiger partial charge in [-0.3, -0.25) is 10.00 Å². The first-order valence-electron chi connectivity index (χ1n) is 6.77. The standard InChI is InChI=1S/C14H20N4O/c15-10-14(19)5-7-18(8-6-14)9-13-11-3-1-2-4-12(11)16-17-13/h1-4,19H,5-10,15H2,(H,16,17). The van der Waals surface area contributed by atoms with E-state index in [1.165, 1.54) is 5.39 Å². The van der Waals surface area contributed by atoms with Gasteiger partial charge in [-0.1, -0.05) is 18.2 Å². The lowest BCUT2D eigenvalue weighted by atomic mass is 9.91. The lowest BCUT2D eigenvalue weighted by Gasteiger charge is -2.37. The molecule has 3 rings (SSSR count). The maximum atomic E-state index is 10.1. The summed E-state index contributed by atoms with van der Waals surface area (Å²) >= 11 is 0. The largest absolute Gasteiger partial charge is 0.388 e. The Balaban J connectivity index is 1.70. The quantitative estimate of drug-likeness (QED) is 0.764. The molecule has 0 amide bonds. The summed E-state index contributed by atoms with van der Waals surface area (Å²) in [5, 5.41) is 18.7. The highest BCUT2D eigenvalue weighted by Gasteiger charge is 2.30. The fraction of sp³-hybridized carbons (Fsp3) is 0.500. The topological polar surface area (TPSA) is 78.2 Å². The zero-order valence-electron chi connectivity index (χ0n) is 11.0. The molecule has 1 fully saturated rings. The Bertz CT molecular complexity index is 557. The van der Waals surface area contributed by atoms with Gasteiger partial charge in [-0.2, -0.15) is 5.10 Å². The number of hydrogen-bond donors (Lipinski definition) is 3. The minimum Gasteiger partial charge on any atom is -0.388 e. The maximum absolute atomic E-state index is 10.1. The van der Waals surface area contributed by atoms with E-state index in [-0.39, 0.29) is 0 Å². The summed E-state index contributed by atoms with van der Waals surface area (Å²) in [4.78, 5) is 2.34. The van der Waals surface area contributed by atoms with Crippen molar-refractivity contribution in [2.45, 2.75) is 25.0 Å². The van der Waals surface area contributed by atoms with E-state index in [1.54, 1.807) is 0 Å². The molecular weight excluding hydrogens is 240 g/mol. The van der Waals surface area contributed by atoms with E-state index in [9.17, 15) is 5.11 Å². The normalized spacial score (nSPS) is 19.9. The molecule has 0 bridgehead atoms. The number of aromatic amines is 1. The molecule has 102 valence electrons. The Kier molecular flexibility index (Phi) is 3.26. The molecule has 1 aliphatic heterocycles. The first kappa shape index (κ1) is 12.6. The van der Waals surface area contributed by atoms with Crippen LogP contribution in [0.2, 0.25) is 0 Å². The molecule has 1 aromatic heterocycles. The highest BCUT2D eigenvalue weighted by molar-refractivity contribution is 5.81. The van der Waals surface area contributed by atoms with Crippen molar-refractivity contribution >= 4 is 10.9 Å². The van der Waals surface area contributed by atoms with E-state index in [0.717, 1.165) is 43.7 Å². The Labute approximate surface area is 112 Å². The number of benzene rings is 1. The van der Waals surface area contributed by atoms with Crippen molar-refractivity contribution in [1.82, 2.24) is 15.1 Å². The number of piperidine rings is 1. The molecule has 5 nitrogen and oxygen atoms in total. The minimum atomic E-state index is -0.660. The van der Waals surface area contributed by atoms with Gasteiger partial charge >= 0.3 is 0 Å². The Morgan fingerprint density at radius 1 is 1.32 bits per heavy atom. The molecule has 2 heterocycles. The van der Waals surface area contributed by atoms with Gasteiger partial charge in [-0.05, 0) is 18.9 Å². The summed E-state index contributed by atoms with van der Waals surface area (Å²) in [5.74, 6) is 0. The molecule has 0 atom stereocenters.